The van der Waals surface area contributed by atoms with Crippen molar-refractivity contribution >= 4 is 11.4 Å². The number of hydrogen-bond donors (Lipinski definition) is 2. The van der Waals surface area contributed by atoms with Gasteiger partial charge in [0, 0.05) is 30.4 Å². The molecule has 1 aliphatic heterocycles. The predicted octanol–water partition coefficient (Wildman–Crippen LogP) is 2.29. The standard InChI is InChI=1S/C12H16FN3O2/c13-11-7-9(4-5-12(11)16(17)18)15-8-10-3-1-2-6-14-10/h4-5,7,10,14-15H,1-3,6,8H2. The van der Waals surface area contributed by atoms with Crippen LogP contribution in [0.3, 0.4) is 0 Å². The zero-order chi connectivity index (χ0) is 13.0. The highest BCUT2D eigenvalue weighted by Crippen LogP contribution is 2.21. The Morgan fingerprint density at radius 1 is 1.50 bits per heavy atom. The van der Waals surface area contributed by atoms with E-state index < -0.39 is 16.4 Å². The molecule has 1 unspecified atom stereocenters. The third-order valence-electron chi connectivity index (χ3n) is 3.11. The maximum absolute atomic E-state index is 13.4. The lowest BCUT2D eigenvalue weighted by Gasteiger charge is -2.24. The molecule has 0 aromatic heterocycles. The summed E-state index contributed by atoms with van der Waals surface area (Å²) in [6.45, 7) is 1.72. The van der Waals surface area contributed by atoms with Crippen molar-refractivity contribution in [1.29, 1.82) is 0 Å². The Kier molecular flexibility index (Phi) is 4.09. The van der Waals surface area contributed by atoms with Crippen LogP contribution < -0.4 is 10.6 Å². The summed E-state index contributed by atoms with van der Waals surface area (Å²) in [6, 6.07) is 4.27. The normalized spacial score (nSPS) is 19.5. The fourth-order valence-electron chi connectivity index (χ4n) is 2.10. The van der Waals surface area contributed by atoms with Crippen molar-refractivity contribution in [3.05, 3.63) is 34.1 Å². The molecule has 1 aromatic carbocycles. The zero-order valence-electron chi connectivity index (χ0n) is 9.99. The molecule has 1 aliphatic rings. The number of piperidine rings is 1. The number of nitro benzene ring substituents is 1. The molecule has 0 bridgehead atoms. The molecule has 18 heavy (non-hydrogen) atoms. The predicted molar refractivity (Wildman–Crippen MR) is 67.2 cm³/mol. The van der Waals surface area contributed by atoms with Crippen molar-refractivity contribution in [1.82, 2.24) is 5.32 Å². The van der Waals surface area contributed by atoms with Gasteiger partial charge in [-0.05, 0) is 25.5 Å². The van der Waals surface area contributed by atoms with Gasteiger partial charge in [-0.3, -0.25) is 10.1 Å². The lowest BCUT2D eigenvalue weighted by molar-refractivity contribution is -0.387. The molecule has 2 rings (SSSR count). The SMILES string of the molecule is O=[N+]([O-])c1ccc(NCC2CCCCN2)cc1F. The van der Waals surface area contributed by atoms with Crippen molar-refractivity contribution in [2.45, 2.75) is 25.3 Å². The number of nitro groups is 1. The lowest BCUT2D eigenvalue weighted by Crippen LogP contribution is -2.39. The number of anilines is 1. The lowest BCUT2D eigenvalue weighted by atomic mass is 10.1. The number of hydrogen-bond acceptors (Lipinski definition) is 4. The van der Waals surface area contributed by atoms with E-state index in [1.165, 1.54) is 31.0 Å². The summed E-state index contributed by atoms with van der Waals surface area (Å²) in [5, 5.41) is 16.9. The summed E-state index contributed by atoms with van der Waals surface area (Å²) in [5.74, 6) is -0.804. The molecule has 1 heterocycles. The largest absolute Gasteiger partial charge is 0.383 e. The molecule has 98 valence electrons. The van der Waals surface area contributed by atoms with Gasteiger partial charge in [-0.25, -0.2) is 0 Å². The van der Waals surface area contributed by atoms with E-state index in [1.54, 1.807) is 0 Å². The van der Waals surface area contributed by atoms with Gasteiger partial charge in [0.05, 0.1) is 4.92 Å². The summed E-state index contributed by atoms with van der Waals surface area (Å²) in [7, 11) is 0. The van der Waals surface area contributed by atoms with E-state index in [-0.39, 0.29) is 0 Å². The molecule has 1 atom stereocenters. The first-order chi connectivity index (χ1) is 8.66. The van der Waals surface area contributed by atoms with Gasteiger partial charge in [0.15, 0.2) is 0 Å². The van der Waals surface area contributed by atoms with E-state index in [0.717, 1.165) is 13.0 Å². The van der Waals surface area contributed by atoms with Crippen LogP contribution in [0, 0.1) is 15.9 Å². The smallest absolute Gasteiger partial charge is 0.304 e. The molecule has 0 amide bonds. The van der Waals surface area contributed by atoms with Crippen molar-refractivity contribution < 1.29 is 9.31 Å². The third-order valence-corrected chi connectivity index (χ3v) is 3.11. The fourth-order valence-corrected chi connectivity index (χ4v) is 2.10. The van der Waals surface area contributed by atoms with Gasteiger partial charge in [0.1, 0.15) is 0 Å². The Hall–Kier alpha value is -1.69. The van der Waals surface area contributed by atoms with Gasteiger partial charge >= 0.3 is 5.69 Å². The average molecular weight is 253 g/mol. The summed E-state index contributed by atoms with van der Waals surface area (Å²) in [4.78, 5) is 9.75. The maximum atomic E-state index is 13.4. The van der Waals surface area contributed by atoms with Crippen molar-refractivity contribution in [3.8, 4) is 0 Å². The van der Waals surface area contributed by atoms with Crippen LogP contribution in [0.1, 0.15) is 19.3 Å². The van der Waals surface area contributed by atoms with Gasteiger partial charge in [-0.1, -0.05) is 6.42 Å². The summed E-state index contributed by atoms with van der Waals surface area (Å²) in [5.41, 5.74) is 0.0850. The number of benzene rings is 1. The van der Waals surface area contributed by atoms with E-state index >= 15 is 0 Å². The highest BCUT2D eigenvalue weighted by molar-refractivity contribution is 5.49. The highest BCUT2D eigenvalue weighted by atomic mass is 19.1. The Morgan fingerprint density at radius 2 is 2.33 bits per heavy atom. The Bertz CT molecular complexity index is 433. The van der Waals surface area contributed by atoms with Gasteiger partial charge < -0.3 is 10.6 Å². The molecule has 1 saturated heterocycles. The Labute approximate surface area is 105 Å². The number of nitrogens with one attached hydrogen (secondary N) is 2. The minimum atomic E-state index is -0.804. The second-order valence-electron chi connectivity index (χ2n) is 4.45. The summed E-state index contributed by atoms with van der Waals surface area (Å²) >= 11 is 0. The van der Waals surface area contributed by atoms with E-state index in [2.05, 4.69) is 10.6 Å². The van der Waals surface area contributed by atoms with Crippen LogP contribution in [-0.4, -0.2) is 24.1 Å². The third kappa shape index (κ3) is 3.16. The van der Waals surface area contributed by atoms with Crippen LogP contribution in [0.25, 0.3) is 0 Å². The average Bonchev–Trinajstić information content (AvgIpc) is 2.37. The Balaban J connectivity index is 1.93. The minimum Gasteiger partial charge on any atom is -0.383 e. The van der Waals surface area contributed by atoms with Gasteiger partial charge in [0.2, 0.25) is 5.82 Å². The topological polar surface area (TPSA) is 67.2 Å². The van der Waals surface area contributed by atoms with Crippen LogP contribution >= 0.6 is 0 Å². The molecule has 0 saturated carbocycles. The molecule has 6 heteroatoms. The summed E-state index contributed by atoms with van der Waals surface area (Å²) in [6.07, 6.45) is 3.50. The highest BCUT2D eigenvalue weighted by Gasteiger charge is 2.15. The molecular formula is C12H16FN3O2. The Morgan fingerprint density at radius 3 is 2.94 bits per heavy atom. The van der Waals surface area contributed by atoms with E-state index in [1.807, 2.05) is 0 Å². The van der Waals surface area contributed by atoms with Crippen LogP contribution in [0.5, 0.6) is 0 Å². The fraction of sp³-hybridized carbons (Fsp3) is 0.500. The van der Waals surface area contributed by atoms with Crippen molar-refractivity contribution in [2.75, 3.05) is 18.4 Å². The molecule has 1 aromatic rings. The molecule has 1 fully saturated rings. The van der Waals surface area contributed by atoms with Crippen LogP contribution in [-0.2, 0) is 0 Å². The van der Waals surface area contributed by atoms with Crippen LogP contribution in [0.15, 0.2) is 18.2 Å². The van der Waals surface area contributed by atoms with Gasteiger partial charge in [0.25, 0.3) is 0 Å². The number of rotatable bonds is 4. The monoisotopic (exact) mass is 253 g/mol. The summed E-state index contributed by atoms with van der Waals surface area (Å²) < 4.78 is 13.4. The first-order valence-corrected chi connectivity index (χ1v) is 6.08. The minimum absolute atomic E-state index is 0.386. The van der Waals surface area contributed by atoms with Gasteiger partial charge in [-0.2, -0.15) is 4.39 Å². The molecular weight excluding hydrogens is 237 g/mol. The molecule has 0 radical (unpaired) electrons. The number of nitrogens with zero attached hydrogens (tertiary/aromatic N) is 1. The molecule has 0 spiro atoms. The zero-order valence-corrected chi connectivity index (χ0v) is 9.99. The quantitative estimate of drug-likeness (QED) is 0.638. The second-order valence-corrected chi connectivity index (χ2v) is 4.45. The van der Waals surface area contributed by atoms with E-state index in [0.29, 0.717) is 18.3 Å². The molecule has 0 aliphatic carbocycles. The number of halogens is 1. The molecule has 5 nitrogen and oxygen atoms in total. The second kappa shape index (κ2) is 5.77. The molecule has 2 N–H and O–H groups in total. The first kappa shape index (κ1) is 12.8. The van der Waals surface area contributed by atoms with Gasteiger partial charge in [-0.15, -0.1) is 0 Å². The maximum Gasteiger partial charge on any atom is 0.304 e. The van der Waals surface area contributed by atoms with Crippen molar-refractivity contribution in [3.63, 3.8) is 0 Å². The first-order valence-electron chi connectivity index (χ1n) is 6.08. The van der Waals surface area contributed by atoms with Crippen LogP contribution in [0.2, 0.25) is 0 Å². The van der Waals surface area contributed by atoms with Crippen molar-refractivity contribution in [2.24, 2.45) is 0 Å². The van der Waals surface area contributed by atoms with Crippen LogP contribution in [0.4, 0.5) is 15.8 Å². The van der Waals surface area contributed by atoms with E-state index in [4.69, 9.17) is 0 Å². The van der Waals surface area contributed by atoms with E-state index in [9.17, 15) is 14.5 Å².